The molecular formula is C11H13NO2. The molecule has 0 radical (unpaired) electrons. The molecule has 1 aromatic heterocycles. The van der Waals surface area contributed by atoms with E-state index < -0.39 is 0 Å². The molecule has 3 nitrogen and oxygen atoms in total. The van der Waals surface area contributed by atoms with E-state index in [9.17, 15) is 4.79 Å². The van der Waals surface area contributed by atoms with Gasteiger partial charge in [0.15, 0.2) is 5.58 Å². The Labute approximate surface area is 81.7 Å². The molecule has 0 bridgehead atoms. The second-order valence-corrected chi connectivity index (χ2v) is 3.58. The Morgan fingerprint density at radius 2 is 2.29 bits per heavy atom. The first kappa shape index (κ1) is 9.06. The van der Waals surface area contributed by atoms with Crippen LogP contribution in [0.15, 0.2) is 27.4 Å². The van der Waals surface area contributed by atoms with Gasteiger partial charge in [0.1, 0.15) is 0 Å². The van der Waals surface area contributed by atoms with Crippen LogP contribution in [0.5, 0.6) is 0 Å². The van der Waals surface area contributed by atoms with Crippen molar-refractivity contribution in [1.82, 2.24) is 4.98 Å². The molecular weight excluding hydrogens is 178 g/mol. The second-order valence-electron chi connectivity index (χ2n) is 3.58. The molecule has 0 saturated heterocycles. The van der Waals surface area contributed by atoms with Gasteiger partial charge in [-0.15, -0.1) is 0 Å². The molecule has 14 heavy (non-hydrogen) atoms. The van der Waals surface area contributed by atoms with Crippen LogP contribution in [-0.4, -0.2) is 4.98 Å². The molecule has 74 valence electrons. The Balaban J connectivity index is 2.55. The number of hydrogen-bond donors (Lipinski definition) is 1. The van der Waals surface area contributed by atoms with Crippen LogP contribution in [-0.2, 0) is 0 Å². The van der Waals surface area contributed by atoms with Gasteiger partial charge in [-0.2, -0.15) is 0 Å². The number of H-pyrrole nitrogens is 1. The normalized spacial score (nSPS) is 13.3. The number of nitrogens with one attached hydrogen (secondary N) is 1. The Morgan fingerprint density at radius 1 is 1.50 bits per heavy atom. The van der Waals surface area contributed by atoms with Crippen LogP contribution in [0.25, 0.3) is 11.1 Å². The summed E-state index contributed by atoms with van der Waals surface area (Å²) in [6.45, 7) is 4.31. The van der Waals surface area contributed by atoms with Crippen molar-refractivity contribution in [3.05, 3.63) is 34.3 Å². The zero-order valence-corrected chi connectivity index (χ0v) is 8.33. The lowest BCUT2D eigenvalue weighted by Crippen LogP contribution is -1.93. The second kappa shape index (κ2) is 3.33. The standard InChI is InChI=1S/C11H13NO2/c1-3-7(2)8-4-5-10-9(6-8)12-11(13)14-10/h4-7H,3H2,1-2H3,(H,12,13). The van der Waals surface area contributed by atoms with Gasteiger partial charge < -0.3 is 4.42 Å². The topological polar surface area (TPSA) is 46.0 Å². The predicted molar refractivity (Wildman–Crippen MR) is 55.5 cm³/mol. The maximum Gasteiger partial charge on any atom is 0.417 e. The summed E-state index contributed by atoms with van der Waals surface area (Å²) in [4.78, 5) is 13.6. The summed E-state index contributed by atoms with van der Waals surface area (Å²) in [7, 11) is 0. The lowest BCUT2D eigenvalue weighted by Gasteiger charge is -2.07. The number of aromatic amines is 1. The molecule has 0 saturated carbocycles. The minimum absolute atomic E-state index is 0.388. The third-order valence-corrected chi connectivity index (χ3v) is 2.62. The molecule has 2 rings (SSSR count). The fourth-order valence-corrected chi connectivity index (χ4v) is 1.51. The van der Waals surface area contributed by atoms with Crippen molar-refractivity contribution in [3.8, 4) is 0 Å². The van der Waals surface area contributed by atoms with E-state index in [1.807, 2.05) is 18.2 Å². The van der Waals surface area contributed by atoms with Crippen molar-refractivity contribution in [1.29, 1.82) is 0 Å². The zero-order valence-electron chi connectivity index (χ0n) is 8.33. The number of aromatic nitrogens is 1. The Hall–Kier alpha value is -1.51. The lowest BCUT2D eigenvalue weighted by molar-refractivity contribution is 0.555. The molecule has 0 aliphatic heterocycles. The summed E-state index contributed by atoms with van der Waals surface area (Å²) in [6, 6.07) is 5.83. The van der Waals surface area contributed by atoms with Gasteiger partial charge >= 0.3 is 5.76 Å². The third kappa shape index (κ3) is 1.45. The summed E-state index contributed by atoms with van der Waals surface area (Å²) in [6.07, 6.45) is 1.09. The van der Waals surface area contributed by atoms with E-state index in [0.29, 0.717) is 11.5 Å². The molecule has 1 N–H and O–H groups in total. The number of rotatable bonds is 2. The van der Waals surface area contributed by atoms with Crippen molar-refractivity contribution in [2.24, 2.45) is 0 Å². The van der Waals surface area contributed by atoms with E-state index in [4.69, 9.17) is 4.42 Å². The molecule has 1 unspecified atom stereocenters. The van der Waals surface area contributed by atoms with Crippen LogP contribution in [0.4, 0.5) is 0 Å². The quantitative estimate of drug-likeness (QED) is 0.793. The Bertz CT molecular complexity index is 495. The molecule has 0 aliphatic carbocycles. The molecule has 1 aromatic carbocycles. The molecule has 1 atom stereocenters. The van der Waals surface area contributed by atoms with Gasteiger partial charge in [-0.3, -0.25) is 4.98 Å². The predicted octanol–water partition coefficient (Wildman–Crippen LogP) is 2.63. The maximum atomic E-state index is 10.9. The smallest absolute Gasteiger partial charge is 0.408 e. The molecule has 0 aliphatic rings. The minimum Gasteiger partial charge on any atom is -0.408 e. The van der Waals surface area contributed by atoms with Gasteiger partial charge in [0.2, 0.25) is 0 Å². The summed E-state index contributed by atoms with van der Waals surface area (Å²) < 4.78 is 4.93. The molecule has 0 amide bonds. The third-order valence-electron chi connectivity index (χ3n) is 2.62. The van der Waals surface area contributed by atoms with E-state index in [1.54, 1.807) is 0 Å². The van der Waals surface area contributed by atoms with Crippen molar-refractivity contribution in [2.45, 2.75) is 26.2 Å². The fourth-order valence-electron chi connectivity index (χ4n) is 1.51. The van der Waals surface area contributed by atoms with Crippen molar-refractivity contribution >= 4 is 11.1 Å². The van der Waals surface area contributed by atoms with Crippen LogP contribution in [0.3, 0.4) is 0 Å². The highest BCUT2D eigenvalue weighted by molar-refractivity contribution is 5.72. The van der Waals surface area contributed by atoms with Crippen molar-refractivity contribution in [3.63, 3.8) is 0 Å². The number of hydrogen-bond acceptors (Lipinski definition) is 2. The Morgan fingerprint density at radius 3 is 3.00 bits per heavy atom. The van der Waals surface area contributed by atoms with Gasteiger partial charge in [-0.1, -0.05) is 19.9 Å². The van der Waals surface area contributed by atoms with E-state index >= 15 is 0 Å². The zero-order chi connectivity index (χ0) is 10.1. The first-order valence-electron chi connectivity index (χ1n) is 4.83. The maximum absolute atomic E-state index is 10.9. The van der Waals surface area contributed by atoms with Crippen LogP contribution < -0.4 is 5.76 Å². The fraction of sp³-hybridized carbons (Fsp3) is 0.364. The lowest BCUT2D eigenvalue weighted by atomic mass is 9.98. The monoisotopic (exact) mass is 191 g/mol. The SMILES string of the molecule is CCC(C)c1ccc2oc(=O)[nH]c2c1. The van der Waals surface area contributed by atoms with Crippen molar-refractivity contribution < 1.29 is 4.42 Å². The highest BCUT2D eigenvalue weighted by Crippen LogP contribution is 2.21. The number of benzene rings is 1. The molecule has 0 fully saturated rings. The van der Waals surface area contributed by atoms with Crippen LogP contribution in [0.2, 0.25) is 0 Å². The average Bonchev–Trinajstić information content (AvgIpc) is 2.55. The highest BCUT2D eigenvalue weighted by Gasteiger charge is 2.06. The highest BCUT2D eigenvalue weighted by atomic mass is 16.4. The molecule has 2 aromatic rings. The molecule has 0 spiro atoms. The van der Waals surface area contributed by atoms with E-state index in [0.717, 1.165) is 11.9 Å². The average molecular weight is 191 g/mol. The van der Waals surface area contributed by atoms with Crippen LogP contribution >= 0.6 is 0 Å². The summed E-state index contributed by atoms with van der Waals surface area (Å²) in [5.41, 5.74) is 2.65. The van der Waals surface area contributed by atoms with E-state index in [-0.39, 0.29) is 5.76 Å². The van der Waals surface area contributed by atoms with Gasteiger partial charge in [-0.25, -0.2) is 4.79 Å². The van der Waals surface area contributed by atoms with E-state index in [1.165, 1.54) is 5.56 Å². The number of fused-ring (bicyclic) bond motifs is 1. The van der Waals surface area contributed by atoms with Gasteiger partial charge in [0, 0.05) is 0 Å². The largest absolute Gasteiger partial charge is 0.417 e. The first-order chi connectivity index (χ1) is 6.70. The summed E-state index contributed by atoms with van der Waals surface area (Å²) in [5, 5.41) is 0. The van der Waals surface area contributed by atoms with Crippen LogP contribution in [0, 0.1) is 0 Å². The summed E-state index contributed by atoms with van der Waals surface area (Å²) >= 11 is 0. The first-order valence-corrected chi connectivity index (χ1v) is 4.83. The molecule has 3 heteroatoms. The minimum atomic E-state index is -0.388. The van der Waals surface area contributed by atoms with Gasteiger partial charge in [0.05, 0.1) is 5.52 Å². The summed E-state index contributed by atoms with van der Waals surface area (Å²) in [5.74, 6) is 0.124. The Kier molecular flexibility index (Phi) is 2.15. The van der Waals surface area contributed by atoms with Gasteiger partial charge in [0.25, 0.3) is 0 Å². The van der Waals surface area contributed by atoms with Crippen molar-refractivity contribution in [2.75, 3.05) is 0 Å². The van der Waals surface area contributed by atoms with Gasteiger partial charge in [-0.05, 0) is 30.0 Å². The number of oxazole rings is 1. The molecule has 1 heterocycles. The van der Waals surface area contributed by atoms with E-state index in [2.05, 4.69) is 18.8 Å². The van der Waals surface area contributed by atoms with Crippen LogP contribution in [0.1, 0.15) is 31.7 Å².